The largest absolute Gasteiger partial charge is 0.505 e. The quantitative estimate of drug-likeness (QED) is 0.519. The molecular weight excluding hydrogens is 340 g/mol. The van der Waals surface area contributed by atoms with Crippen LogP contribution in [0.4, 0.5) is 11.4 Å². The summed E-state index contributed by atoms with van der Waals surface area (Å²) in [7, 11) is -4.60. The van der Waals surface area contributed by atoms with Crippen LogP contribution in [-0.4, -0.2) is 18.1 Å². The molecule has 0 atom stereocenters. The van der Waals surface area contributed by atoms with Crippen molar-refractivity contribution in [2.45, 2.75) is 18.7 Å². The lowest BCUT2D eigenvalue weighted by molar-refractivity contribution is 0.472. The van der Waals surface area contributed by atoms with Gasteiger partial charge in [0.1, 0.15) is 10.6 Å². The van der Waals surface area contributed by atoms with Crippen LogP contribution in [0.15, 0.2) is 63.7 Å². The van der Waals surface area contributed by atoms with Gasteiger partial charge in [-0.2, -0.15) is 13.5 Å². The number of phenols is 1. The average Bonchev–Trinajstić information content (AvgIpc) is 2.57. The van der Waals surface area contributed by atoms with Crippen LogP contribution in [0.5, 0.6) is 5.75 Å². The molecule has 6 nitrogen and oxygen atoms in total. The number of benzene rings is 3. The third-order valence-electron chi connectivity index (χ3n) is 4.07. The lowest BCUT2D eigenvalue weighted by Gasteiger charge is -2.12. The highest BCUT2D eigenvalue weighted by atomic mass is 32.2. The van der Waals surface area contributed by atoms with E-state index in [1.807, 2.05) is 19.9 Å². The molecule has 3 aromatic carbocycles. The molecule has 0 heterocycles. The average molecular weight is 356 g/mol. The number of azo groups is 1. The molecule has 128 valence electrons. The molecule has 25 heavy (non-hydrogen) atoms. The third kappa shape index (κ3) is 3.24. The van der Waals surface area contributed by atoms with Gasteiger partial charge in [-0.3, -0.25) is 4.55 Å². The maximum Gasteiger partial charge on any atom is 0.296 e. The summed E-state index contributed by atoms with van der Waals surface area (Å²) >= 11 is 0. The lowest BCUT2D eigenvalue weighted by Crippen LogP contribution is -1.99. The van der Waals surface area contributed by atoms with Crippen LogP contribution in [0, 0.1) is 13.8 Å². The van der Waals surface area contributed by atoms with Crippen LogP contribution < -0.4 is 0 Å². The van der Waals surface area contributed by atoms with E-state index >= 15 is 0 Å². The molecule has 3 aromatic rings. The number of aromatic hydroxyl groups is 1. The zero-order chi connectivity index (χ0) is 18.2. The molecule has 0 spiro atoms. The van der Waals surface area contributed by atoms with Crippen LogP contribution in [0.2, 0.25) is 0 Å². The highest BCUT2D eigenvalue weighted by Crippen LogP contribution is 2.42. The van der Waals surface area contributed by atoms with E-state index in [0.717, 1.165) is 11.1 Å². The van der Waals surface area contributed by atoms with Crippen molar-refractivity contribution in [3.8, 4) is 5.75 Å². The number of fused-ring (bicyclic) bond motifs is 1. The van der Waals surface area contributed by atoms with Gasteiger partial charge in [0.25, 0.3) is 10.1 Å². The van der Waals surface area contributed by atoms with Crippen molar-refractivity contribution < 1.29 is 18.1 Å². The van der Waals surface area contributed by atoms with E-state index in [1.54, 1.807) is 36.4 Å². The molecule has 0 unspecified atom stereocenters. The Balaban J connectivity index is 2.32. The SMILES string of the molecule is Cc1ccc2c(O)c(N=Nc3ccccc3)c(S(=O)(=O)O)cc2c1C. The molecule has 0 radical (unpaired) electrons. The minimum Gasteiger partial charge on any atom is -0.505 e. The fourth-order valence-corrected chi connectivity index (χ4v) is 3.22. The molecule has 0 aliphatic carbocycles. The molecule has 2 N–H and O–H groups in total. The van der Waals surface area contributed by atoms with Gasteiger partial charge in [0.05, 0.1) is 5.69 Å². The Morgan fingerprint density at radius 2 is 1.60 bits per heavy atom. The first-order chi connectivity index (χ1) is 11.8. The summed E-state index contributed by atoms with van der Waals surface area (Å²) < 4.78 is 33.2. The van der Waals surface area contributed by atoms with Crippen LogP contribution in [0.25, 0.3) is 10.8 Å². The van der Waals surface area contributed by atoms with Crippen molar-refractivity contribution in [3.05, 3.63) is 59.7 Å². The zero-order valence-electron chi connectivity index (χ0n) is 13.6. The summed E-state index contributed by atoms with van der Waals surface area (Å²) in [5.74, 6) is -0.340. The van der Waals surface area contributed by atoms with Crippen LogP contribution >= 0.6 is 0 Å². The second-order valence-corrected chi connectivity index (χ2v) is 7.08. The summed E-state index contributed by atoms with van der Waals surface area (Å²) in [6.45, 7) is 3.69. The first-order valence-electron chi connectivity index (χ1n) is 7.49. The van der Waals surface area contributed by atoms with Gasteiger partial charge in [-0.15, -0.1) is 5.11 Å². The van der Waals surface area contributed by atoms with E-state index in [9.17, 15) is 18.1 Å². The van der Waals surface area contributed by atoms with Crippen molar-refractivity contribution in [2.24, 2.45) is 10.2 Å². The van der Waals surface area contributed by atoms with Gasteiger partial charge in [-0.05, 0) is 48.6 Å². The maximum absolute atomic E-state index is 11.8. The van der Waals surface area contributed by atoms with E-state index in [2.05, 4.69) is 10.2 Å². The van der Waals surface area contributed by atoms with Gasteiger partial charge in [0.15, 0.2) is 5.75 Å². The Labute approximate surface area is 145 Å². The molecule has 3 rings (SSSR count). The monoisotopic (exact) mass is 356 g/mol. The normalized spacial score (nSPS) is 12.1. The topological polar surface area (TPSA) is 99.3 Å². The Hall–Kier alpha value is -2.77. The molecule has 0 amide bonds. The number of nitrogens with zero attached hydrogens (tertiary/aromatic N) is 2. The van der Waals surface area contributed by atoms with E-state index in [4.69, 9.17) is 0 Å². The van der Waals surface area contributed by atoms with Gasteiger partial charge in [0, 0.05) is 5.39 Å². The summed E-state index contributed by atoms with van der Waals surface area (Å²) in [6.07, 6.45) is 0. The molecule has 7 heteroatoms. The van der Waals surface area contributed by atoms with Crippen LogP contribution in [-0.2, 0) is 10.1 Å². The zero-order valence-corrected chi connectivity index (χ0v) is 14.4. The molecule has 0 saturated heterocycles. The van der Waals surface area contributed by atoms with Gasteiger partial charge in [-0.25, -0.2) is 0 Å². The Kier molecular flexibility index (Phi) is 4.28. The fourth-order valence-electron chi connectivity index (χ4n) is 2.57. The van der Waals surface area contributed by atoms with Crippen molar-refractivity contribution in [1.29, 1.82) is 0 Å². The molecule has 0 aliphatic rings. The molecular formula is C18H16N2O4S. The van der Waals surface area contributed by atoms with Crippen molar-refractivity contribution in [2.75, 3.05) is 0 Å². The third-order valence-corrected chi connectivity index (χ3v) is 4.94. The molecule has 0 aromatic heterocycles. The molecule has 0 aliphatic heterocycles. The summed E-state index contributed by atoms with van der Waals surface area (Å²) in [4.78, 5) is -0.481. The standard InChI is InChI=1S/C18H16N2O4S/c1-11-8-9-14-15(12(11)2)10-16(25(22,23)24)17(18(14)21)20-19-13-6-4-3-5-7-13/h3-10,21H,1-2H3,(H,22,23,24). The van der Waals surface area contributed by atoms with E-state index in [-0.39, 0.29) is 11.4 Å². The first kappa shape index (κ1) is 17.1. The summed E-state index contributed by atoms with van der Waals surface area (Å²) in [6, 6.07) is 13.5. The van der Waals surface area contributed by atoms with E-state index in [0.29, 0.717) is 16.5 Å². The van der Waals surface area contributed by atoms with Gasteiger partial charge >= 0.3 is 0 Å². The van der Waals surface area contributed by atoms with Crippen LogP contribution in [0.3, 0.4) is 0 Å². The predicted molar refractivity (Wildman–Crippen MR) is 95.5 cm³/mol. The minimum absolute atomic E-state index is 0.290. The van der Waals surface area contributed by atoms with E-state index < -0.39 is 15.0 Å². The second-order valence-electron chi connectivity index (χ2n) is 5.69. The number of aryl methyl sites for hydroxylation is 2. The Morgan fingerprint density at radius 1 is 0.920 bits per heavy atom. The Bertz CT molecular complexity index is 1090. The molecule has 0 saturated carbocycles. The highest BCUT2D eigenvalue weighted by Gasteiger charge is 2.22. The minimum atomic E-state index is -4.60. The fraction of sp³-hybridized carbons (Fsp3) is 0.111. The Morgan fingerprint density at radius 3 is 2.24 bits per heavy atom. The second kappa shape index (κ2) is 6.27. The van der Waals surface area contributed by atoms with E-state index in [1.165, 1.54) is 6.07 Å². The summed E-state index contributed by atoms with van der Waals surface area (Å²) in [5.41, 5.74) is 1.95. The smallest absolute Gasteiger partial charge is 0.296 e. The van der Waals surface area contributed by atoms with Crippen molar-refractivity contribution in [3.63, 3.8) is 0 Å². The van der Waals surface area contributed by atoms with Crippen molar-refractivity contribution >= 4 is 32.3 Å². The number of hydrogen-bond donors (Lipinski definition) is 2. The van der Waals surface area contributed by atoms with Gasteiger partial charge in [0.2, 0.25) is 0 Å². The van der Waals surface area contributed by atoms with Crippen molar-refractivity contribution in [1.82, 2.24) is 0 Å². The first-order valence-corrected chi connectivity index (χ1v) is 8.93. The predicted octanol–water partition coefficient (Wildman–Crippen LogP) is 4.82. The lowest BCUT2D eigenvalue weighted by atomic mass is 10.00. The number of phenolic OH excluding ortho intramolecular Hbond substituents is 1. The van der Waals surface area contributed by atoms with Crippen LogP contribution in [0.1, 0.15) is 11.1 Å². The molecule has 0 fully saturated rings. The highest BCUT2D eigenvalue weighted by molar-refractivity contribution is 7.86. The number of hydrogen-bond acceptors (Lipinski definition) is 5. The molecule has 0 bridgehead atoms. The number of rotatable bonds is 3. The summed E-state index contributed by atoms with van der Waals surface area (Å²) in [5, 5.41) is 19.4. The maximum atomic E-state index is 11.8. The van der Waals surface area contributed by atoms with Gasteiger partial charge < -0.3 is 5.11 Å². The van der Waals surface area contributed by atoms with Gasteiger partial charge in [-0.1, -0.05) is 30.3 Å².